The van der Waals surface area contributed by atoms with Gasteiger partial charge in [0.2, 0.25) is 6.23 Å². The summed E-state index contributed by atoms with van der Waals surface area (Å²) in [6.07, 6.45) is 3.47. The Bertz CT molecular complexity index is 521. The van der Waals surface area contributed by atoms with Crippen molar-refractivity contribution in [2.75, 3.05) is 0 Å². The molecule has 15 heavy (non-hydrogen) atoms. The lowest BCUT2D eigenvalue weighted by molar-refractivity contribution is 0.155. The summed E-state index contributed by atoms with van der Waals surface area (Å²) in [4.78, 5) is 4.47. The molecule has 0 spiro atoms. The summed E-state index contributed by atoms with van der Waals surface area (Å²) >= 11 is 6.27. The summed E-state index contributed by atoms with van der Waals surface area (Å²) < 4.78 is 5.33. The molecule has 1 aromatic carbocycles. The van der Waals surface area contributed by atoms with Crippen LogP contribution in [0.15, 0.2) is 41.6 Å². The van der Waals surface area contributed by atoms with Gasteiger partial charge in [-0.2, -0.15) is 0 Å². The van der Waals surface area contributed by atoms with E-state index in [0.29, 0.717) is 0 Å². The van der Waals surface area contributed by atoms with E-state index in [2.05, 4.69) is 4.99 Å². The van der Waals surface area contributed by atoms with Gasteiger partial charge in [-0.1, -0.05) is 37.2 Å². The smallest absolute Gasteiger partial charge is 0.200 e. The number of ether oxygens (including phenoxy) is 1. The van der Waals surface area contributed by atoms with E-state index in [9.17, 15) is 0 Å². The second kappa shape index (κ2) is 3.70. The zero-order valence-corrected chi connectivity index (χ0v) is 8.11. The fourth-order valence-corrected chi connectivity index (χ4v) is 2.16. The van der Waals surface area contributed by atoms with E-state index in [4.69, 9.17) is 16.3 Å². The zero-order chi connectivity index (χ0) is 9.54. The fourth-order valence-electron chi connectivity index (χ4n) is 1.82. The van der Waals surface area contributed by atoms with E-state index in [1.165, 1.54) is 0 Å². The third-order valence-corrected chi connectivity index (χ3v) is 2.99. The van der Waals surface area contributed by atoms with Crippen LogP contribution in [0.2, 0.25) is 0 Å². The molecule has 0 aromatic heterocycles. The third kappa shape index (κ3) is 1.45. The highest BCUT2D eigenvalue weighted by atomic mass is 35.5. The second-order valence-corrected chi connectivity index (χ2v) is 3.78. The van der Waals surface area contributed by atoms with Gasteiger partial charge in [-0.25, -0.2) is 4.99 Å². The van der Waals surface area contributed by atoms with Crippen molar-refractivity contribution >= 4 is 16.6 Å². The molecular formula is C12H12ClNO. The molecule has 0 radical (unpaired) electrons. The lowest BCUT2D eigenvalue weighted by atomic mass is 10.0. The van der Waals surface area contributed by atoms with Gasteiger partial charge in [0.25, 0.3) is 0 Å². The number of nitrogens with zero attached hydrogens (tertiary/aromatic N) is 1. The molecule has 1 aromatic rings. The standard InChI is InChI=1S/C11H8ClNO.CH4/c12-10-7-3-1-2-4-9(7)13-11-8(10)5-6-14-11;/h1-6,8,11H;1H4. The number of para-hydroxylation sites is 1. The minimum Gasteiger partial charge on any atom is -0.476 e. The first-order valence-corrected chi connectivity index (χ1v) is 4.89. The van der Waals surface area contributed by atoms with Gasteiger partial charge < -0.3 is 4.74 Å². The lowest BCUT2D eigenvalue weighted by Crippen LogP contribution is -2.36. The summed E-state index contributed by atoms with van der Waals surface area (Å²) in [5.74, 6) is 0.103. The van der Waals surface area contributed by atoms with E-state index >= 15 is 0 Å². The molecule has 2 atom stereocenters. The largest absolute Gasteiger partial charge is 0.476 e. The molecule has 78 valence electrons. The van der Waals surface area contributed by atoms with Crippen molar-refractivity contribution in [3.8, 4) is 0 Å². The maximum atomic E-state index is 6.27. The van der Waals surface area contributed by atoms with Crippen LogP contribution in [0.5, 0.6) is 0 Å². The molecular weight excluding hydrogens is 210 g/mol. The van der Waals surface area contributed by atoms with Gasteiger partial charge in [-0.05, 0) is 12.1 Å². The summed E-state index contributed by atoms with van der Waals surface area (Å²) in [6.45, 7) is 0. The Morgan fingerprint density at radius 1 is 1.27 bits per heavy atom. The molecule has 2 nitrogen and oxygen atoms in total. The van der Waals surface area contributed by atoms with Crippen molar-refractivity contribution in [1.82, 2.24) is 0 Å². The van der Waals surface area contributed by atoms with Crippen molar-refractivity contribution in [3.05, 3.63) is 47.2 Å². The van der Waals surface area contributed by atoms with Crippen molar-refractivity contribution in [1.29, 1.82) is 0 Å². The molecule has 3 rings (SSSR count). The molecule has 0 aliphatic carbocycles. The Morgan fingerprint density at radius 3 is 2.93 bits per heavy atom. The Morgan fingerprint density at radius 2 is 2.07 bits per heavy atom. The summed E-state index contributed by atoms with van der Waals surface area (Å²) in [6, 6.07) is 7.87. The SMILES string of the molecule is C.ClC1=c2ccccc2=NC2OC=CC12. The molecule has 0 bridgehead atoms. The number of benzene rings is 1. The third-order valence-electron chi connectivity index (χ3n) is 2.53. The molecule has 0 fully saturated rings. The zero-order valence-electron chi connectivity index (χ0n) is 7.35. The van der Waals surface area contributed by atoms with Crippen LogP contribution in [0.3, 0.4) is 0 Å². The van der Waals surface area contributed by atoms with Gasteiger partial charge in [0.1, 0.15) is 0 Å². The Kier molecular flexibility index (Phi) is 2.53. The van der Waals surface area contributed by atoms with Gasteiger partial charge in [0.05, 0.1) is 17.5 Å². The average molecular weight is 222 g/mol. The maximum Gasteiger partial charge on any atom is 0.200 e. The normalized spacial score (nSPS) is 25.8. The predicted octanol–water partition coefficient (Wildman–Crippen LogP) is 1.79. The van der Waals surface area contributed by atoms with Gasteiger partial charge in [0, 0.05) is 10.3 Å². The summed E-state index contributed by atoms with van der Waals surface area (Å²) in [7, 11) is 0. The van der Waals surface area contributed by atoms with Gasteiger partial charge in [0.15, 0.2) is 0 Å². The van der Waals surface area contributed by atoms with Crippen molar-refractivity contribution in [2.45, 2.75) is 13.7 Å². The molecule has 2 heterocycles. The number of fused-ring (bicyclic) bond motifs is 2. The van der Waals surface area contributed by atoms with Crippen LogP contribution in [-0.4, -0.2) is 6.23 Å². The van der Waals surface area contributed by atoms with E-state index < -0.39 is 0 Å². The predicted molar refractivity (Wildman–Crippen MR) is 60.7 cm³/mol. The van der Waals surface area contributed by atoms with Crippen LogP contribution < -0.4 is 10.6 Å². The molecule has 2 unspecified atom stereocenters. The number of rotatable bonds is 0. The van der Waals surface area contributed by atoms with Crippen molar-refractivity contribution < 1.29 is 4.74 Å². The number of hydrogen-bond donors (Lipinski definition) is 0. The Hall–Kier alpha value is -1.28. The van der Waals surface area contributed by atoms with Crippen LogP contribution in [0.1, 0.15) is 7.43 Å². The van der Waals surface area contributed by atoms with E-state index in [0.717, 1.165) is 15.6 Å². The fraction of sp³-hybridized carbons (Fsp3) is 0.250. The highest BCUT2D eigenvalue weighted by Gasteiger charge is 2.29. The molecule has 0 amide bonds. The maximum absolute atomic E-state index is 6.27. The Labute approximate surface area is 93.5 Å². The Balaban J connectivity index is 0.000000853. The van der Waals surface area contributed by atoms with Crippen LogP contribution in [0.4, 0.5) is 0 Å². The van der Waals surface area contributed by atoms with Gasteiger partial charge in [-0.3, -0.25) is 0 Å². The minimum absolute atomic E-state index is 0. The lowest BCUT2D eigenvalue weighted by Gasteiger charge is -2.17. The number of hydrogen-bond acceptors (Lipinski definition) is 2. The highest BCUT2D eigenvalue weighted by Crippen LogP contribution is 2.29. The average Bonchev–Trinajstić information content (AvgIpc) is 2.66. The molecule has 3 heteroatoms. The van der Waals surface area contributed by atoms with E-state index in [-0.39, 0.29) is 19.6 Å². The molecule has 2 aliphatic rings. The second-order valence-electron chi connectivity index (χ2n) is 3.38. The first-order valence-electron chi connectivity index (χ1n) is 4.51. The molecule has 0 saturated carbocycles. The topological polar surface area (TPSA) is 21.6 Å². The van der Waals surface area contributed by atoms with Gasteiger partial charge in [-0.15, -0.1) is 0 Å². The van der Waals surface area contributed by atoms with Gasteiger partial charge >= 0.3 is 0 Å². The monoisotopic (exact) mass is 221 g/mol. The quantitative estimate of drug-likeness (QED) is 0.655. The molecule has 0 N–H and O–H groups in total. The summed E-state index contributed by atoms with van der Waals surface area (Å²) in [5.41, 5.74) is 0. The highest BCUT2D eigenvalue weighted by molar-refractivity contribution is 6.45. The molecule has 2 aliphatic heterocycles. The van der Waals surface area contributed by atoms with Crippen LogP contribution in [0, 0.1) is 5.92 Å². The minimum atomic E-state index is -0.155. The van der Waals surface area contributed by atoms with Crippen molar-refractivity contribution in [2.24, 2.45) is 10.9 Å². The first-order chi connectivity index (χ1) is 6.86. The van der Waals surface area contributed by atoms with E-state index in [1.54, 1.807) is 6.26 Å². The summed E-state index contributed by atoms with van der Waals surface area (Å²) in [5, 5.41) is 2.77. The molecule has 0 saturated heterocycles. The van der Waals surface area contributed by atoms with Crippen molar-refractivity contribution in [3.63, 3.8) is 0 Å². The van der Waals surface area contributed by atoms with Crippen LogP contribution in [-0.2, 0) is 4.74 Å². The number of halogens is 1. The first kappa shape index (κ1) is 10.2. The van der Waals surface area contributed by atoms with Crippen LogP contribution in [0.25, 0.3) is 5.03 Å². The van der Waals surface area contributed by atoms with E-state index in [1.807, 2.05) is 30.3 Å². The van der Waals surface area contributed by atoms with Crippen LogP contribution >= 0.6 is 11.6 Å².